The van der Waals surface area contributed by atoms with Crippen molar-refractivity contribution in [3.8, 4) is 5.75 Å². The minimum absolute atomic E-state index is 0.104. The van der Waals surface area contributed by atoms with Crippen molar-refractivity contribution in [1.29, 1.82) is 0 Å². The van der Waals surface area contributed by atoms with E-state index in [9.17, 15) is 8.78 Å². The molecule has 0 aliphatic heterocycles. The van der Waals surface area contributed by atoms with E-state index in [4.69, 9.17) is 16.3 Å². The van der Waals surface area contributed by atoms with Crippen LogP contribution in [0.3, 0.4) is 0 Å². The maximum atomic E-state index is 12.6. The third kappa shape index (κ3) is 2.25. The summed E-state index contributed by atoms with van der Waals surface area (Å²) in [5.74, 6) is 0.238. The summed E-state index contributed by atoms with van der Waals surface area (Å²) in [7, 11) is 1.34. The minimum Gasteiger partial charge on any atom is -0.496 e. The van der Waals surface area contributed by atoms with Crippen molar-refractivity contribution in [1.82, 2.24) is 4.98 Å². The van der Waals surface area contributed by atoms with E-state index >= 15 is 0 Å². The fraction of sp³-hybridized carbons (Fsp3) is 0.375. The number of methoxy groups -OCH3 is 1. The van der Waals surface area contributed by atoms with Gasteiger partial charge >= 0.3 is 0 Å². The molecule has 0 atom stereocenters. The van der Waals surface area contributed by atoms with Gasteiger partial charge in [-0.05, 0) is 22.6 Å². The molecule has 0 aliphatic carbocycles. The van der Waals surface area contributed by atoms with Crippen LogP contribution in [0.2, 0.25) is 0 Å². The molecule has 0 saturated heterocycles. The highest BCUT2D eigenvalue weighted by atomic mass is 127. The van der Waals surface area contributed by atoms with Crippen LogP contribution in [0.15, 0.2) is 6.20 Å². The lowest BCUT2D eigenvalue weighted by Gasteiger charge is -2.12. The van der Waals surface area contributed by atoms with Crippen LogP contribution in [0.5, 0.6) is 5.75 Å². The number of aromatic nitrogens is 1. The number of rotatable bonds is 3. The number of pyridine rings is 1. The Bertz CT molecular complexity index is 335. The van der Waals surface area contributed by atoms with Crippen LogP contribution in [0.1, 0.15) is 17.6 Å². The van der Waals surface area contributed by atoms with Crippen LogP contribution in [-0.4, -0.2) is 12.1 Å². The standard InChI is InChI=1S/C8H7ClF2INO/c1-14-6-4(2-9)3-13-8(12)5(6)7(10)11/h3,7H,2H2,1H3. The maximum absolute atomic E-state index is 12.6. The van der Waals surface area contributed by atoms with Gasteiger partial charge in [0.1, 0.15) is 9.45 Å². The van der Waals surface area contributed by atoms with Crippen LogP contribution in [0.25, 0.3) is 0 Å². The molecule has 0 amide bonds. The smallest absolute Gasteiger partial charge is 0.269 e. The summed E-state index contributed by atoms with van der Waals surface area (Å²) in [5.41, 5.74) is 0.288. The summed E-state index contributed by atoms with van der Waals surface area (Å²) in [6, 6.07) is 0. The molecule has 1 aromatic heterocycles. The molecule has 0 aromatic carbocycles. The van der Waals surface area contributed by atoms with Gasteiger partial charge in [-0.15, -0.1) is 11.6 Å². The normalized spacial score (nSPS) is 10.7. The zero-order valence-corrected chi connectivity index (χ0v) is 10.1. The monoisotopic (exact) mass is 333 g/mol. The number of hydrogen-bond acceptors (Lipinski definition) is 2. The van der Waals surface area contributed by atoms with Crippen molar-refractivity contribution >= 4 is 34.2 Å². The lowest BCUT2D eigenvalue weighted by Crippen LogP contribution is -2.01. The SMILES string of the molecule is COc1c(CCl)cnc(I)c1C(F)F. The number of halogens is 4. The van der Waals surface area contributed by atoms with Gasteiger partial charge in [-0.3, -0.25) is 0 Å². The number of ether oxygens (including phenoxy) is 1. The summed E-state index contributed by atoms with van der Waals surface area (Å²) < 4.78 is 30.4. The topological polar surface area (TPSA) is 22.1 Å². The van der Waals surface area contributed by atoms with Crippen molar-refractivity contribution in [3.05, 3.63) is 21.0 Å². The fourth-order valence-corrected chi connectivity index (χ4v) is 1.86. The van der Waals surface area contributed by atoms with E-state index < -0.39 is 6.43 Å². The van der Waals surface area contributed by atoms with E-state index in [1.165, 1.54) is 13.3 Å². The molecular formula is C8H7ClF2INO. The van der Waals surface area contributed by atoms with Gasteiger partial charge in [0.2, 0.25) is 0 Å². The van der Waals surface area contributed by atoms with Crippen LogP contribution in [0, 0.1) is 3.70 Å². The van der Waals surface area contributed by atoms with E-state index in [1.807, 2.05) is 0 Å². The summed E-state index contributed by atoms with van der Waals surface area (Å²) in [4.78, 5) is 3.82. The molecule has 1 rings (SSSR count). The number of nitrogens with zero attached hydrogens (tertiary/aromatic N) is 1. The largest absolute Gasteiger partial charge is 0.496 e. The summed E-state index contributed by atoms with van der Waals surface area (Å²) in [6.45, 7) is 0. The molecule has 0 aliphatic rings. The Balaban J connectivity index is 3.35. The average Bonchev–Trinajstić information content (AvgIpc) is 2.16. The van der Waals surface area contributed by atoms with Gasteiger partial charge in [-0.1, -0.05) is 0 Å². The molecule has 78 valence electrons. The second kappa shape index (κ2) is 5.06. The van der Waals surface area contributed by atoms with Gasteiger partial charge in [0, 0.05) is 11.8 Å². The Morgan fingerprint density at radius 1 is 1.64 bits per heavy atom. The van der Waals surface area contributed by atoms with Crippen molar-refractivity contribution in [2.24, 2.45) is 0 Å². The molecule has 0 unspecified atom stereocenters. The Morgan fingerprint density at radius 3 is 2.71 bits per heavy atom. The second-order valence-electron chi connectivity index (χ2n) is 2.46. The Kier molecular flexibility index (Phi) is 4.31. The average molecular weight is 334 g/mol. The van der Waals surface area contributed by atoms with Gasteiger partial charge in [0.05, 0.1) is 18.6 Å². The summed E-state index contributed by atoms with van der Waals surface area (Å²) in [6.07, 6.45) is -1.16. The molecular weight excluding hydrogens is 326 g/mol. The summed E-state index contributed by atoms with van der Waals surface area (Å²) in [5, 5.41) is 0. The van der Waals surface area contributed by atoms with Crippen LogP contribution < -0.4 is 4.74 Å². The van der Waals surface area contributed by atoms with Gasteiger partial charge < -0.3 is 4.74 Å². The third-order valence-electron chi connectivity index (χ3n) is 1.66. The first kappa shape index (κ1) is 11.9. The fourth-order valence-electron chi connectivity index (χ4n) is 1.05. The molecule has 14 heavy (non-hydrogen) atoms. The molecule has 0 bridgehead atoms. The van der Waals surface area contributed by atoms with Gasteiger partial charge in [0.15, 0.2) is 0 Å². The minimum atomic E-state index is -2.60. The summed E-state index contributed by atoms with van der Waals surface area (Å²) >= 11 is 7.32. The first-order valence-electron chi connectivity index (χ1n) is 3.67. The van der Waals surface area contributed by atoms with E-state index in [0.717, 1.165) is 0 Å². The molecule has 1 heterocycles. The first-order valence-corrected chi connectivity index (χ1v) is 5.28. The quantitative estimate of drug-likeness (QED) is 0.481. The van der Waals surface area contributed by atoms with E-state index in [2.05, 4.69) is 4.98 Å². The number of hydrogen-bond donors (Lipinski definition) is 0. The highest BCUT2D eigenvalue weighted by Gasteiger charge is 2.21. The Morgan fingerprint density at radius 2 is 2.29 bits per heavy atom. The van der Waals surface area contributed by atoms with Gasteiger partial charge in [-0.25, -0.2) is 13.8 Å². The molecule has 6 heteroatoms. The molecule has 0 spiro atoms. The zero-order chi connectivity index (χ0) is 10.7. The third-order valence-corrected chi connectivity index (χ3v) is 2.81. The molecule has 0 saturated carbocycles. The predicted molar refractivity (Wildman–Crippen MR) is 58.0 cm³/mol. The lowest BCUT2D eigenvalue weighted by molar-refractivity contribution is 0.145. The highest BCUT2D eigenvalue weighted by Crippen LogP contribution is 2.35. The predicted octanol–water partition coefficient (Wildman–Crippen LogP) is 3.37. The highest BCUT2D eigenvalue weighted by molar-refractivity contribution is 14.1. The van der Waals surface area contributed by atoms with Crippen molar-refractivity contribution in [2.45, 2.75) is 12.3 Å². The molecule has 1 aromatic rings. The van der Waals surface area contributed by atoms with Crippen molar-refractivity contribution in [2.75, 3.05) is 7.11 Å². The zero-order valence-electron chi connectivity index (χ0n) is 7.23. The second-order valence-corrected chi connectivity index (χ2v) is 3.74. The molecule has 2 nitrogen and oxygen atoms in total. The van der Waals surface area contributed by atoms with E-state index in [0.29, 0.717) is 5.56 Å². The molecule has 0 radical (unpaired) electrons. The maximum Gasteiger partial charge on any atom is 0.269 e. The Hall–Kier alpha value is -0.170. The molecule has 0 fully saturated rings. The van der Waals surface area contributed by atoms with Crippen LogP contribution >= 0.6 is 34.2 Å². The number of alkyl halides is 3. The Labute approximate surface area is 98.8 Å². The van der Waals surface area contributed by atoms with E-state index in [1.54, 1.807) is 22.6 Å². The van der Waals surface area contributed by atoms with Gasteiger partial charge in [-0.2, -0.15) is 0 Å². The van der Waals surface area contributed by atoms with Crippen LogP contribution in [-0.2, 0) is 5.88 Å². The molecule has 0 N–H and O–H groups in total. The van der Waals surface area contributed by atoms with Crippen molar-refractivity contribution < 1.29 is 13.5 Å². The van der Waals surface area contributed by atoms with Crippen LogP contribution in [0.4, 0.5) is 8.78 Å². The van der Waals surface area contributed by atoms with Crippen molar-refractivity contribution in [3.63, 3.8) is 0 Å². The first-order chi connectivity index (χ1) is 6.61. The van der Waals surface area contributed by atoms with E-state index in [-0.39, 0.29) is 20.9 Å². The van der Waals surface area contributed by atoms with Gasteiger partial charge in [0.25, 0.3) is 6.43 Å². The lowest BCUT2D eigenvalue weighted by atomic mass is 10.2.